The van der Waals surface area contributed by atoms with Crippen LogP contribution in [0, 0.1) is 0 Å². The summed E-state index contributed by atoms with van der Waals surface area (Å²) in [5, 5.41) is 14.2. The van der Waals surface area contributed by atoms with Crippen molar-refractivity contribution in [2.75, 3.05) is 5.32 Å². The lowest BCUT2D eigenvalue weighted by Gasteiger charge is -2.19. The number of rotatable bonds is 5. The molecule has 0 amide bonds. The normalized spacial score (nSPS) is 14.2. The number of nitrogens with one attached hydrogen (secondary N) is 1. The van der Waals surface area contributed by atoms with Crippen LogP contribution in [0.4, 0.5) is 18.9 Å². The van der Waals surface area contributed by atoms with Gasteiger partial charge in [-0.05, 0) is 24.6 Å². The van der Waals surface area contributed by atoms with Crippen molar-refractivity contribution in [1.82, 2.24) is 0 Å². The van der Waals surface area contributed by atoms with E-state index in [4.69, 9.17) is 22.5 Å². The smallest absolute Gasteiger partial charge is 0.409 e. The van der Waals surface area contributed by atoms with Crippen molar-refractivity contribution in [3.63, 3.8) is 0 Å². The summed E-state index contributed by atoms with van der Waals surface area (Å²) in [4.78, 5) is 0. The summed E-state index contributed by atoms with van der Waals surface area (Å²) in [6.07, 6.45) is -3.67. The number of anilines is 1. The highest BCUT2D eigenvalue weighted by atomic mass is 35.5. The number of amidine groups is 1. The molecule has 1 aromatic carbocycles. The van der Waals surface area contributed by atoms with Crippen molar-refractivity contribution in [1.29, 1.82) is 0 Å². The lowest BCUT2D eigenvalue weighted by Crippen LogP contribution is -2.26. The first-order chi connectivity index (χ1) is 9.26. The highest BCUT2D eigenvalue weighted by molar-refractivity contribution is 6.30. The largest absolute Gasteiger partial charge is 0.416 e. The van der Waals surface area contributed by atoms with E-state index in [1.54, 1.807) is 0 Å². The number of nitrogens with two attached hydrogens (primary N) is 1. The Hall–Kier alpha value is -1.63. The molecule has 20 heavy (non-hydrogen) atoms. The molecular weight excluding hydrogens is 295 g/mol. The predicted molar refractivity (Wildman–Crippen MR) is 72.2 cm³/mol. The number of alkyl halides is 3. The summed E-state index contributed by atoms with van der Waals surface area (Å²) >= 11 is 5.69. The number of nitrogens with zero attached hydrogens (tertiary/aromatic N) is 1. The van der Waals surface area contributed by atoms with Crippen LogP contribution in [0.3, 0.4) is 0 Å². The van der Waals surface area contributed by atoms with E-state index in [9.17, 15) is 13.2 Å². The zero-order chi connectivity index (χ0) is 15.3. The molecule has 0 radical (unpaired) electrons. The third-order valence-electron chi connectivity index (χ3n) is 2.67. The molecule has 0 heterocycles. The number of hydrogen-bond acceptors (Lipinski definition) is 3. The minimum atomic E-state index is -4.46. The molecule has 0 fully saturated rings. The van der Waals surface area contributed by atoms with Crippen LogP contribution in [0.25, 0.3) is 0 Å². The Morgan fingerprint density at radius 2 is 2.10 bits per heavy atom. The molecule has 0 saturated heterocycles. The lowest BCUT2D eigenvalue weighted by molar-refractivity contribution is -0.137. The maximum atomic E-state index is 12.7. The lowest BCUT2D eigenvalue weighted by atomic mass is 10.1. The van der Waals surface area contributed by atoms with Crippen LogP contribution in [0.1, 0.15) is 25.3 Å². The number of halogens is 4. The molecule has 0 saturated carbocycles. The van der Waals surface area contributed by atoms with Crippen molar-refractivity contribution < 1.29 is 18.4 Å². The summed E-state index contributed by atoms with van der Waals surface area (Å²) in [6, 6.07) is 2.97. The number of hydrogen-bond donors (Lipinski definition) is 3. The van der Waals surface area contributed by atoms with Gasteiger partial charge in [-0.3, -0.25) is 0 Å². The molecule has 0 aromatic heterocycles. The SMILES string of the molecule is CCC(C/C(N)=N/O)Nc1cc(Cl)cc(C(F)(F)F)c1. The molecule has 0 spiro atoms. The molecule has 4 N–H and O–H groups in total. The molecule has 1 aromatic rings. The van der Waals surface area contributed by atoms with Gasteiger partial charge in [0.1, 0.15) is 5.84 Å². The molecule has 0 aliphatic rings. The second-order valence-corrected chi connectivity index (χ2v) is 4.71. The van der Waals surface area contributed by atoms with Gasteiger partial charge in [-0.25, -0.2) is 0 Å². The minimum Gasteiger partial charge on any atom is -0.409 e. The zero-order valence-electron chi connectivity index (χ0n) is 10.7. The van der Waals surface area contributed by atoms with Gasteiger partial charge in [-0.15, -0.1) is 0 Å². The van der Waals surface area contributed by atoms with Crippen molar-refractivity contribution in [2.45, 2.75) is 32.0 Å². The monoisotopic (exact) mass is 309 g/mol. The Labute approximate surface area is 119 Å². The van der Waals surface area contributed by atoms with E-state index in [0.29, 0.717) is 6.42 Å². The first-order valence-corrected chi connectivity index (χ1v) is 6.24. The van der Waals surface area contributed by atoms with Crippen molar-refractivity contribution >= 4 is 23.1 Å². The molecule has 1 rings (SSSR count). The second kappa shape index (κ2) is 6.69. The van der Waals surface area contributed by atoms with E-state index < -0.39 is 11.7 Å². The van der Waals surface area contributed by atoms with Crippen LogP contribution in [0.5, 0.6) is 0 Å². The minimum absolute atomic E-state index is 0.00224. The fourth-order valence-electron chi connectivity index (χ4n) is 1.66. The summed E-state index contributed by atoms with van der Waals surface area (Å²) in [6.45, 7) is 1.83. The maximum absolute atomic E-state index is 12.7. The van der Waals surface area contributed by atoms with Crippen LogP contribution >= 0.6 is 11.6 Å². The Morgan fingerprint density at radius 3 is 2.60 bits per heavy atom. The fourth-order valence-corrected chi connectivity index (χ4v) is 1.90. The highest BCUT2D eigenvalue weighted by Gasteiger charge is 2.31. The third kappa shape index (κ3) is 4.80. The van der Waals surface area contributed by atoms with E-state index in [2.05, 4.69) is 10.5 Å². The van der Waals surface area contributed by atoms with Crippen LogP contribution in [0.15, 0.2) is 23.4 Å². The molecule has 0 bridgehead atoms. The van der Waals surface area contributed by atoms with E-state index in [-0.39, 0.29) is 29.0 Å². The van der Waals surface area contributed by atoms with Crippen molar-refractivity contribution in [3.05, 3.63) is 28.8 Å². The molecule has 8 heteroatoms. The fraction of sp³-hybridized carbons (Fsp3) is 0.417. The van der Waals surface area contributed by atoms with Gasteiger partial charge in [0.25, 0.3) is 0 Å². The molecule has 112 valence electrons. The molecule has 4 nitrogen and oxygen atoms in total. The van der Waals surface area contributed by atoms with Crippen LogP contribution < -0.4 is 11.1 Å². The molecule has 1 atom stereocenters. The van der Waals surface area contributed by atoms with Crippen molar-refractivity contribution in [2.24, 2.45) is 10.9 Å². The standard InChI is InChI=1S/C12H15ClF3N3O/c1-2-9(6-11(17)19-20)18-10-4-7(12(14,15)16)3-8(13)5-10/h3-5,9,18,20H,2,6H2,1H3,(H2,17,19). The average Bonchev–Trinajstić information content (AvgIpc) is 2.36. The third-order valence-corrected chi connectivity index (χ3v) is 2.89. The topological polar surface area (TPSA) is 70.6 Å². The first-order valence-electron chi connectivity index (χ1n) is 5.87. The van der Waals surface area contributed by atoms with Gasteiger partial charge >= 0.3 is 6.18 Å². The van der Waals surface area contributed by atoms with E-state index in [1.165, 1.54) is 6.07 Å². The van der Waals surface area contributed by atoms with Gasteiger partial charge in [0.2, 0.25) is 0 Å². The summed E-state index contributed by atoms with van der Waals surface area (Å²) in [5.41, 5.74) is 4.80. The van der Waals surface area contributed by atoms with E-state index >= 15 is 0 Å². The molecule has 1 unspecified atom stereocenters. The van der Waals surface area contributed by atoms with Crippen LogP contribution in [-0.2, 0) is 6.18 Å². The van der Waals surface area contributed by atoms with Gasteiger partial charge in [0.15, 0.2) is 0 Å². The van der Waals surface area contributed by atoms with Crippen LogP contribution in [-0.4, -0.2) is 17.1 Å². The Morgan fingerprint density at radius 1 is 1.45 bits per heavy atom. The quantitative estimate of drug-likeness (QED) is 0.336. The molecule has 0 aliphatic carbocycles. The zero-order valence-corrected chi connectivity index (χ0v) is 11.5. The van der Waals surface area contributed by atoms with Gasteiger partial charge in [0, 0.05) is 23.2 Å². The summed E-state index contributed by atoms with van der Waals surface area (Å²) in [7, 11) is 0. The Kier molecular flexibility index (Phi) is 5.50. The predicted octanol–water partition coefficient (Wildman–Crippen LogP) is 3.69. The highest BCUT2D eigenvalue weighted by Crippen LogP contribution is 2.33. The molecule has 0 aliphatic heterocycles. The van der Waals surface area contributed by atoms with Gasteiger partial charge in [-0.2, -0.15) is 13.2 Å². The second-order valence-electron chi connectivity index (χ2n) is 4.27. The molecular formula is C12H15ClF3N3O. The number of oxime groups is 1. The van der Waals surface area contributed by atoms with Gasteiger partial charge < -0.3 is 16.3 Å². The van der Waals surface area contributed by atoms with Crippen molar-refractivity contribution in [3.8, 4) is 0 Å². The summed E-state index contributed by atoms with van der Waals surface area (Å²) in [5.74, 6) is 0.00224. The Bertz CT molecular complexity index is 491. The first kappa shape index (κ1) is 16.4. The van der Waals surface area contributed by atoms with Gasteiger partial charge in [-0.1, -0.05) is 23.7 Å². The average molecular weight is 310 g/mol. The Balaban J connectivity index is 2.93. The number of benzene rings is 1. The van der Waals surface area contributed by atoms with E-state index in [1.807, 2.05) is 6.92 Å². The maximum Gasteiger partial charge on any atom is 0.416 e. The van der Waals surface area contributed by atoms with E-state index in [0.717, 1.165) is 12.1 Å². The summed E-state index contributed by atoms with van der Waals surface area (Å²) < 4.78 is 38.0. The van der Waals surface area contributed by atoms with Gasteiger partial charge in [0.05, 0.1) is 5.56 Å². The van der Waals surface area contributed by atoms with Crippen LogP contribution in [0.2, 0.25) is 5.02 Å².